The first kappa shape index (κ1) is 24.1. The normalized spacial score (nSPS) is 11.9. The van der Waals surface area contributed by atoms with E-state index in [9.17, 15) is 25.0 Å². The average molecular weight is 499 g/mol. The summed E-state index contributed by atoms with van der Waals surface area (Å²) in [5.41, 5.74) is 0.478. The van der Waals surface area contributed by atoms with E-state index < -0.39 is 16.4 Å². The Morgan fingerprint density at radius 1 is 1.11 bits per heavy atom. The molecule has 1 heterocycles. The highest BCUT2D eigenvalue weighted by atomic mass is 32.1. The standard InChI is InChI=1S/C26H18N4O5S/c1-35-21-12-6-8-18(15-21)28-24(31)22(16-27)26-29(19-9-3-2-4-10-19)25(32)23(36-26)14-17-7-5-11-20(13-17)30(33)34/h2-15H,1H3,(H,28,31)/b23-14+,26-22+. The van der Waals surface area contributed by atoms with Crippen molar-refractivity contribution in [1.29, 1.82) is 5.26 Å². The number of nitrogens with one attached hydrogen (secondary N) is 1. The second kappa shape index (κ2) is 10.5. The van der Waals surface area contributed by atoms with Gasteiger partial charge in [-0.25, -0.2) is 0 Å². The van der Waals surface area contributed by atoms with Crippen molar-refractivity contribution in [3.63, 3.8) is 0 Å². The van der Waals surface area contributed by atoms with Gasteiger partial charge < -0.3 is 10.1 Å². The van der Waals surface area contributed by atoms with E-state index in [1.807, 2.05) is 6.07 Å². The predicted molar refractivity (Wildman–Crippen MR) is 136 cm³/mol. The van der Waals surface area contributed by atoms with E-state index in [1.165, 1.54) is 36.0 Å². The maximum atomic E-state index is 13.4. The third kappa shape index (κ3) is 5.06. The molecule has 0 radical (unpaired) electrons. The number of ether oxygens (including phenoxy) is 1. The molecule has 3 aromatic carbocycles. The summed E-state index contributed by atoms with van der Waals surface area (Å²) in [5.74, 6) is -0.170. The van der Waals surface area contributed by atoms with Gasteiger partial charge in [0.15, 0.2) is 5.57 Å². The fraction of sp³-hybridized carbons (Fsp3) is 0.0385. The molecule has 0 bridgehead atoms. The molecular weight excluding hydrogens is 480 g/mol. The zero-order valence-corrected chi connectivity index (χ0v) is 19.7. The first-order chi connectivity index (χ1) is 17.4. The van der Waals surface area contributed by atoms with Crippen molar-refractivity contribution < 1.29 is 14.5 Å². The average Bonchev–Trinajstić information content (AvgIpc) is 3.20. The molecule has 0 spiro atoms. The Labute approximate surface area is 208 Å². The lowest BCUT2D eigenvalue weighted by Gasteiger charge is -2.07. The molecule has 0 aliphatic rings. The second-order valence-electron chi connectivity index (χ2n) is 7.42. The monoisotopic (exact) mass is 498 g/mol. The van der Waals surface area contributed by atoms with Crippen molar-refractivity contribution in [2.75, 3.05) is 12.4 Å². The van der Waals surface area contributed by atoms with E-state index in [2.05, 4.69) is 5.32 Å². The first-order valence-corrected chi connectivity index (χ1v) is 11.4. The number of rotatable bonds is 6. The third-order valence-corrected chi connectivity index (χ3v) is 6.19. The number of para-hydroxylation sites is 1. The number of nitrogens with zero attached hydrogens (tertiary/aromatic N) is 3. The molecule has 1 aromatic heterocycles. The lowest BCUT2D eigenvalue weighted by molar-refractivity contribution is -0.384. The van der Waals surface area contributed by atoms with Gasteiger partial charge in [-0.2, -0.15) is 5.26 Å². The van der Waals surface area contributed by atoms with Crippen molar-refractivity contribution in [1.82, 2.24) is 4.57 Å². The molecule has 0 aliphatic heterocycles. The second-order valence-corrected chi connectivity index (χ2v) is 8.45. The number of hydrogen-bond acceptors (Lipinski definition) is 7. The summed E-state index contributed by atoms with van der Waals surface area (Å²) >= 11 is 0.949. The molecule has 0 saturated heterocycles. The van der Waals surface area contributed by atoms with Crippen LogP contribution in [0.3, 0.4) is 0 Å². The number of carbonyl (C=O) groups is 1. The Bertz CT molecular complexity index is 1680. The molecule has 1 amide bonds. The Balaban J connectivity index is 1.93. The topological polar surface area (TPSA) is 127 Å². The highest BCUT2D eigenvalue weighted by molar-refractivity contribution is 7.07. The number of anilines is 1. The maximum absolute atomic E-state index is 13.4. The number of amides is 1. The Hall–Kier alpha value is -5.01. The van der Waals surface area contributed by atoms with Crippen LogP contribution in [-0.2, 0) is 4.79 Å². The van der Waals surface area contributed by atoms with Crippen LogP contribution in [-0.4, -0.2) is 22.5 Å². The van der Waals surface area contributed by atoms with Crippen molar-refractivity contribution in [3.8, 4) is 17.5 Å². The van der Waals surface area contributed by atoms with E-state index in [4.69, 9.17) is 4.74 Å². The molecule has 178 valence electrons. The van der Waals surface area contributed by atoms with Gasteiger partial charge in [-0.05, 0) is 35.9 Å². The quantitative estimate of drug-likeness (QED) is 0.322. The van der Waals surface area contributed by atoms with Crippen molar-refractivity contribution in [2.45, 2.75) is 0 Å². The Morgan fingerprint density at radius 3 is 2.56 bits per heavy atom. The predicted octanol–water partition coefficient (Wildman–Crippen LogP) is 2.96. The molecule has 4 aromatic rings. The van der Waals surface area contributed by atoms with Gasteiger partial charge >= 0.3 is 0 Å². The molecular formula is C26H18N4O5S. The molecule has 0 unspecified atom stereocenters. The molecule has 4 rings (SSSR count). The number of nitro groups is 1. The number of nitriles is 1. The van der Waals surface area contributed by atoms with Crippen molar-refractivity contribution >= 4 is 40.3 Å². The van der Waals surface area contributed by atoms with E-state index in [-0.39, 0.29) is 20.5 Å². The van der Waals surface area contributed by atoms with Crippen molar-refractivity contribution in [2.24, 2.45) is 0 Å². The van der Waals surface area contributed by atoms with Gasteiger partial charge in [-0.15, -0.1) is 11.3 Å². The van der Waals surface area contributed by atoms with Gasteiger partial charge in [0.05, 0.1) is 22.3 Å². The number of hydrogen-bond donors (Lipinski definition) is 1. The minimum atomic E-state index is -0.696. The van der Waals surface area contributed by atoms with E-state index >= 15 is 0 Å². The summed E-state index contributed by atoms with van der Waals surface area (Å²) in [7, 11) is 1.50. The van der Waals surface area contributed by atoms with Gasteiger partial charge in [-0.3, -0.25) is 24.3 Å². The SMILES string of the molecule is COc1cccc(NC(=O)/C(C#N)=c2/s/c(=C/c3cccc([N+](=O)[O-])c3)c(=O)n2-c2ccccc2)c1. The highest BCUT2D eigenvalue weighted by Crippen LogP contribution is 2.17. The molecule has 0 atom stereocenters. The fourth-order valence-corrected chi connectivity index (χ4v) is 4.53. The van der Waals surface area contributed by atoms with Crippen LogP contribution in [0, 0.1) is 21.4 Å². The van der Waals surface area contributed by atoms with Crippen LogP contribution in [0.4, 0.5) is 11.4 Å². The molecule has 36 heavy (non-hydrogen) atoms. The smallest absolute Gasteiger partial charge is 0.273 e. The van der Waals surface area contributed by atoms with Crippen LogP contribution in [0.25, 0.3) is 17.3 Å². The van der Waals surface area contributed by atoms with Gasteiger partial charge in [0.2, 0.25) is 0 Å². The summed E-state index contributed by atoms with van der Waals surface area (Å²) < 4.78 is 6.80. The lowest BCUT2D eigenvalue weighted by atomic mass is 10.2. The molecule has 1 N–H and O–H groups in total. The number of aromatic nitrogens is 1. The van der Waals surface area contributed by atoms with Crippen LogP contribution < -0.4 is 24.8 Å². The zero-order valence-electron chi connectivity index (χ0n) is 18.9. The van der Waals surface area contributed by atoms with E-state index in [0.29, 0.717) is 22.7 Å². The Kier molecular flexibility index (Phi) is 7.04. The number of methoxy groups -OCH3 is 1. The largest absolute Gasteiger partial charge is 0.497 e. The molecule has 0 fully saturated rings. The van der Waals surface area contributed by atoms with Crippen molar-refractivity contribution in [3.05, 3.63) is 114 Å². The summed E-state index contributed by atoms with van der Waals surface area (Å²) in [6.07, 6.45) is 1.50. The first-order valence-electron chi connectivity index (χ1n) is 10.5. The maximum Gasteiger partial charge on any atom is 0.273 e. The fourth-order valence-electron chi connectivity index (χ4n) is 3.43. The number of thiazole rings is 1. The summed E-state index contributed by atoms with van der Waals surface area (Å²) in [5, 5.41) is 23.7. The molecule has 0 aliphatic carbocycles. The van der Waals surface area contributed by atoms with Gasteiger partial charge in [0, 0.05) is 23.9 Å². The minimum absolute atomic E-state index is 0.120. The van der Waals surface area contributed by atoms with Crippen LogP contribution in [0.5, 0.6) is 5.75 Å². The number of non-ortho nitro benzene ring substituents is 1. The van der Waals surface area contributed by atoms with Gasteiger partial charge in [-0.1, -0.05) is 36.4 Å². The Morgan fingerprint density at radius 2 is 1.86 bits per heavy atom. The van der Waals surface area contributed by atoms with Crippen LogP contribution in [0.15, 0.2) is 83.7 Å². The van der Waals surface area contributed by atoms with Gasteiger partial charge in [0.1, 0.15) is 16.5 Å². The molecule has 0 saturated carbocycles. The summed E-state index contributed by atoms with van der Waals surface area (Å²) in [6, 6.07) is 23.0. The van der Waals surface area contributed by atoms with Crippen LogP contribution in [0.2, 0.25) is 0 Å². The molecule has 10 heteroatoms. The minimum Gasteiger partial charge on any atom is -0.497 e. The van der Waals surface area contributed by atoms with E-state index in [0.717, 1.165) is 11.3 Å². The van der Waals surface area contributed by atoms with Crippen LogP contribution >= 0.6 is 11.3 Å². The summed E-state index contributed by atoms with van der Waals surface area (Å²) in [6.45, 7) is 0. The number of carbonyl (C=O) groups excluding carboxylic acids is 1. The van der Waals surface area contributed by atoms with E-state index in [1.54, 1.807) is 60.7 Å². The van der Waals surface area contributed by atoms with Gasteiger partial charge in [0.25, 0.3) is 17.2 Å². The highest BCUT2D eigenvalue weighted by Gasteiger charge is 2.17. The van der Waals surface area contributed by atoms with Crippen LogP contribution in [0.1, 0.15) is 5.56 Å². The number of benzene rings is 3. The molecule has 9 nitrogen and oxygen atoms in total. The summed E-state index contributed by atoms with van der Waals surface area (Å²) in [4.78, 5) is 37.2. The third-order valence-electron chi connectivity index (χ3n) is 5.10. The number of nitro benzene ring substituents is 1. The zero-order chi connectivity index (χ0) is 25.7. The lowest BCUT2D eigenvalue weighted by Crippen LogP contribution is -2.32.